The third kappa shape index (κ3) is 3.98. The number of carbonyl (C=O) groups excluding carboxylic acids is 2. The summed E-state index contributed by atoms with van der Waals surface area (Å²) in [4.78, 5) is 23.4. The van der Waals surface area contributed by atoms with Gasteiger partial charge in [-0.25, -0.2) is 0 Å². The molecule has 1 aromatic heterocycles. The predicted octanol–water partition coefficient (Wildman–Crippen LogP) is 1.97. The van der Waals surface area contributed by atoms with Gasteiger partial charge in [-0.3, -0.25) is 9.59 Å². The maximum Gasteiger partial charge on any atom is 0.313 e. The molecular formula is C15H16N2O3. The van der Waals surface area contributed by atoms with Crippen LogP contribution >= 0.6 is 0 Å². The Kier molecular flexibility index (Phi) is 4.55. The number of hydrogen-bond acceptors (Lipinski definition) is 3. The van der Waals surface area contributed by atoms with Gasteiger partial charge in [-0.15, -0.1) is 0 Å². The van der Waals surface area contributed by atoms with Crippen LogP contribution in [-0.2, 0) is 16.0 Å². The van der Waals surface area contributed by atoms with Crippen LogP contribution in [0.1, 0.15) is 12.7 Å². The Morgan fingerprint density at radius 2 is 1.85 bits per heavy atom. The van der Waals surface area contributed by atoms with E-state index in [2.05, 4.69) is 10.6 Å². The molecule has 2 aromatic rings. The van der Waals surface area contributed by atoms with E-state index in [1.165, 1.54) is 0 Å². The summed E-state index contributed by atoms with van der Waals surface area (Å²) in [5.41, 5.74) is 0.589. The average Bonchev–Trinajstić information content (AvgIpc) is 2.92. The molecular weight excluding hydrogens is 256 g/mol. The zero-order valence-electron chi connectivity index (χ0n) is 11.1. The number of carbonyl (C=O) groups is 2. The van der Waals surface area contributed by atoms with Crippen LogP contribution in [-0.4, -0.2) is 17.9 Å². The van der Waals surface area contributed by atoms with Gasteiger partial charge in [0.1, 0.15) is 5.76 Å². The highest BCUT2D eigenvalue weighted by atomic mass is 16.3. The summed E-state index contributed by atoms with van der Waals surface area (Å²) in [5.74, 6) is -0.573. The van der Waals surface area contributed by atoms with Crippen molar-refractivity contribution in [3.63, 3.8) is 0 Å². The molecule has 0 saturated carbocycles. The van der Waals surface area contributed by atoms with Crippen molar-refractivity contribution in [1.29, 1.82) is 0 Å². The molecule has 20 heavy (non-hydrogen) atoms. The molecule has 1 heterocycles. The first-order valence-electron chi connectivity index (χ1n) is 6.34. The predicted molar refractivity (Wildman–Crippen MR) is 75.1 cm³/mol. The van der Waals surface area contributed by atoms with Crippen molar-refractivity contribution in [3.8, 4) is 0 Å². The van der Waals surface area contributed by atoms with Crippen molar-refractivity contribution < 1.29 is 14.0 Å². The molecule has 1 atom stereocenters. The Bertz CT molecular complexity index is 564. The second-order valence-electron chi connectivity index (χ2n) is 4.48. The highest BCUT2D eigenvalue weighted by Crippen LogP contribution is 2.05. The third-order valence-electron chi connectivity index (χ3n) is 2.70. The van der Waals surface area contributed by atoms with Gasteiger partial charge in [-0.2, -0.15) is 0 Å². The molecule has 1 aromatic carbocycles. The lowest BCUT2D eigenvalue weighted by Crippen LogP contribution is -2.41. The van der Waals surface area contributed by atoms with Crippen molar-refractivity contribution in [3.05, 3.63) is 54.5 Å². The largest absolute Gasteiger partial charge is 0.469 e. The number of para-hydroxylation sites is 1. The summed E-state index contributed by atoms with van der Waals surface area (Å²) in [7, 11) is 0. The molecule has 2 rings (SSSR count). The van der Waals surface area contributed by atoms with E-state index in [-0.39, 0.29) is 6.04 Å². The molecule has 0 aliphatic heterocycles. The van der Waals surface area contributed by atoms with E-state index in [4.69, 9.17) is 4.42 Å². The van der Waals surface area contributed by atoms with Crippen molar-refractivity contribution in [2.75, 3.05) is 5.32 Å². The number of furan rings is 1. The quantitative estimate of drug-likeness (QED) is 0.836. The molecule has 5 heteroatoms. The van der Waals surface area contributed by atoms with Gasteiger partial charge in [0.05, 0.1) is 6.26 Å². The molecule has 0 aliphatic carbocycles. The first kappa shape index (κ1) is 13.9. The van der Waals surface area contributed by atoms with Crippen LogP contribution in [0.4, 0.5) is 5.69 Å². The van der Waals surface area contributed by atoms with Crippen molar-refractivity contribution >= 4 is 17.5 Å². The molecule has 0 aliphatic rings. The Labute approximate surface area is 117 Å². The molecule has 104 valence electrons. The summed E-state index contributed by atoms with van der Waals surface area (Å²) in [5, 5.41) is 5.16. The smallest absolute Gasteiger partial charge is 0.313 e. The molecule has 5 nitrogen and oxygen atoms in total. The summed E-state index contributed by atoms with van der Waals surface area (Å²) >= 11 is 0. The second-order valence-corrected chi connectivity index (χ2v) is 4.48. The first-order chi connectivity index (χ1) is 9.65. The summed E-state index contributed by atoms with van der Waals surface area (Å²) < 4.78 is 5.19. The summed E-state index contributed by atoms with van der Waals surface area (Å²) in [6, 6.07) is 12.3. The third-order valence-corrected chi connectivity index (χ3v) is 2.70. The number of anilines is 1. The van der Waals surface area contributed by atoms with Crippen LogP contribution in [0.3, 0.4) is 0 Å². The van der Waals surface area contributed by atoms with Crippen LogP contribution in [0.2, 0.25) is 0 Å². The van der Waals surface area contributed by atoms with Crippen LogP contribution < -0.4 is 10.6 Å². The number of hydrogen-bond donors (Lipinski definition) is 2. The van der Waals surface area contributed by atoms with Crippen molar-refractivity contribution in [1.82, 2.24) is 5.32 Å². The minimum Gasteiger partial charge on any atom is -0.469 e. The zero-order chi connectivity index (χ0) is 14.4. The Hall–Kier alpha value is -2.56. The van der Waals surface area contributed by atoms with E-state index < -0.39 is 11.8 Å². The minimum absolute atomic E-state index is 0.185. The Morgan fingerprint density at radius 3 is 2.50 bits per heavy atom. The van der Waals surface area contributed by atoms with E-state index in [0.717, 1.165) is 5.76 Å². The van der Waals surface area contributed by atoms with E-state index in [1.54, 1.807) is 36.6 Å². The fraction of sp³-hybridized carbons (Fsp3) is 0.200. The molecule has 2 N–H and O–H groups in total. The van der Waals surface area contributed by atoms with Gasteiger partial charge in [-0.1, -0.05) is 18.2 Å². The summed E-state index contributed by atoms with van der Waals surface area (Å²) in [6.07, 6.45) is 2.11. The SMILES string of the molecule is CC(Cc1ccco1)NC(=O)C(=O)Nc1ccccc1. The van der Waals surface area contributed by atoms with E-state index in [9.17, 15) is 9.59 Å². The molecule has 0 saturated heterocycles. The molecule has 0 fully saturated rings. The van der Waals surface area contributed by atoms with Crippen molar-refractivity contribution in [2.45, 2.75) is 19.4 Å². The second kappa shape index (κ2) is 6.56. The van der Waals surface area contributed by atoms with Gasteiger partial charge in [0.15, 0.2) is 0 Å². The fourth-order valence-corrected chi connectivity index (χ4v) is 1.78. The van der Waals surface area contributed by atoms with E-state index >= 15 is 0 Å². The molecule has 0 radical (unpaired) electrons. The highest BCUT2D eigenvalue weighted by Gasteiger charge is 2.16. The van der Waals surface area contributed by atoms with Gasteiger partial charge in [-0.05, 0) is 31.2 Å². The minimum atomic E-state index is -0.678. The standard InChI is InChI=1S/C15H16N2O3/c1-11(10-13-8-5-9-20-13)16-14(18)15(19)17-12-6-3-2-4-7-12/h2-9,11H,10H2,1H3,(H,16,18)(H,17,19). The van der Waals surface area contributed by atoms with Crippen LogP contribution in [0.5, 0.6) is 0 Å². The number of benzene rings is 1. The van der Waals surface area contributed by atoms with Gasteiger partial charge in [0.2, 0.25) is 0 Å². The van der Waals surface area contributed by atoms with Crippen molar-refractivity contribution in [2.24, 2.45) is 0 Å². The number of amides is 2. The Morgan fingerprint density at radius 1 is 1.10 bits per heavy atom. The fourth-order valence-electron chi connectivity index (χ4n) is 1.78. The average molecular weight is 272 g/mol. The van der Waals surface area contributed by atoms with Gasteiger partial charge >= 0.3 is 11.8 Å². The van der Waals surface area contributed by atoms with E-state index in [1.807, 2.05) is 19.1 Å². The van der Waals surface area contributed by atoms with E-state index in [0.29, 0.717) is 12.1 Å². The Balaban J connectivity index is 1.83. The molecule has 1 unspecified atom stereocenters. The lowest BCUT2D eigenvalue weighted by molar-refractivity contribution is -0.136. The molecule has 0 spiro atoms. The van der Waals surface area contributed by atoms with Crippen LogP contribution in [0.15, 0.2) is 53.1 Å². The lowest BCUT2D eigenvalue weighted by atomic mass is 10.2. The van der Waals surface area contributed by atoms with Gasteiger partial charge in [0.25, 0.3) is 0 Å². The molecule has 0 bridgehead atoms. The van der Waals surface area contributed by atoms with Gasteiger partial charge < -0.3 is 15.1 Å². The van der Waals surface area contributed by atoms with Crippen LogP contribution in [0, 0.1) is 0 Å². The summed E-state index contributed by atoms with van der Waals surface area (Å²) in [6.45, 7) is 1.82. The zero-order valence-corrected chi connectivity index (χ0v) is 11.1. The maximum atomic E-state index is 11.7. The highest BCUT2D eigenvalue weighted by molar-refractivity contribution is 6.39. The maximum absolute atomic E-state index is 11.7. The van der Waals surface area contributed by atoms with Gasteiger partial charge in [0, 0.05) is 18.2 Å². The lowest BCUT2D eigenvalue weighted by Gasteiger charge is -2.12. The normalized spacial score (nSPS) is 11.7. The first-order valence-corrected chi connectivity index (χ1v) is 6.34. The number of nitrogens with one attached hydrogen (secondary N) is 2. The molecule has 2 amide bonds. The topological polar surface area (TPSA) is 71.3 Å². The van der Waals surface area contributed by atoms with Crippen LogP contribution in [0.25, 0.3) is 0 Å². The number of rotatable bonds is 4. The monoisotopic (exact) mass is 272 g/mol.